The Hall–Kier alpha value is -2.10. The van der Waals surface area contributed by atoms with Crippen molar-refractivity contribution in [1.82, 2.24) is 0 Å². The second-order valence-corrected chi connectivity index (χ2v) is 4.45. The molecule has 0 fully saturated rings. The summed E-state index contributed by atoms with van der Waals surface area (Å²) in [6.45, 7) is 3.78. The van der Waals surface area contributed by atoms with Gasteiger partial charge in [-0.3, -0.25) is 0 Å². The molecule has 0 saturated carbocycles. The smallest absolute Gasteiger partial charge is 0.132 e. The Morgan fingerprint density at radius 3 is 2.53 bits per heavy atom. The fourth-order valence-electron chi connectivity index (χ4n) is 1.85. The van der Waals surface area contributed by atoms with Crippen LogP contribution in [0.5, 0.6) is 5.75 Å². The summed E-state index contributed by atoms with van der Waals surface area (Å²) in [6.07, 6.45) is 0. The lowest BCUT2D eigenvalue weighted by Crippen LogP contribution is -2.03. The second-order valence-electron chi connectivity index (χ2n) is 4.45. The van der Waals surface area contributed by atoms with Gasteiger partial charge in [-0.2, -0.15) is 0 Å². The van der Waals surface area contributed by atoms with E-state index >= 15 is 0 Å². The molecule has 0 aliphatic rings. The molecule has 0 atom stereocenters. The van der Waals surface area contributed by atoms with Crippen molar-refractivity contribution in [3.8, 4) is 5.75 Å². The molecule has 2 aromatic rings. The Bertz CT molecular complexity index is 611. The van der Waals surface area contributed by atoms with Crippen molar-refractivity contribution in [2.75, 3.05) is 5.73 Å². The number of halogens is 2. The molecule has 19 heavy (non-hydrogen) atoms. The van der Waals surface area contributed by atoms with E-state index in [-0.39, 0.29) is 6.61 Å². The third-order valence-electron chi connectivity index (χ3n) is 3.03. The molecule has 2 N–H and O–H groups in total. The molecule has 0 bridgehead atoms. The first-order valence-corrected chi connectivity index (χ1v) is 5.91. The van der Waals surface area contributed by atoms with E-state index in [1.165, 1.54) is 12.1 Å². The summed E-state index contributed by atoms with van der Waals surface area (Å²) in [5.74, 6) is -0.569. The van der Waals surface area contributed by atoms with Crippen molar-refractivity contribution in [3.63, 3.8) is 0 Å². The summed E-state index contributed by atoms with van der Waals surface area (Å²) in [5.41, 5.74) is 8.48. The number of aryl methyl sites for hydroxylation is 1. The van der Waals surface area contributed by atoms with E-state index in [0.29, 0.717) is 17.0 Å². The Balaban J connectivity index is 2.21. The Kier molecular flexibility index (Phi) is 3.69. The number of rotatable bonds is 3. The maximum absolute atomic E-state index is 13.5. The van der Waals surface area contributed by atoms with Gasteiger partial charge in [-0.25, -0.2) is 8.78 Å². The van der Waals surface area contributed by atoms with Gasteiger partial charge in [0.25, 0.3) is 0 Å². The second kappa shape index (κ2) is 5.26. The summed E-state index contributed by atoms with van der Waals surface area (Å²) >= 11 is 0. The molecule has 4 heteroatoms. The maximum Gasteiger partial charge on any atom is 0.132 e. The van der Waals surface area contributed by atoms with E-state index < -0.39 is 11.6 Å². The normalized spacial score (nSPS) is 10.5. The Labute approximate surface area is 110 Å². The number of hydrogen-bond donors (Lipinski definition) is 1. The zero-order chi connectivity index (χ0) is 14.0. The number of ether oxygens (including phenoxy) is 1. The van der Waals surface area contributed by atoms with E-state index in [9.17, 15) is 8.78 Å². The molecule has 0 unspecified atom stereocenters. The molecule has 2 aromatic carbocycles. The van der Waals surface area contributed by atoms with Crippen LogP contribution in [-0.4, -0.2) is 0 Å². The lowest BCUT2D eigenvalue weighted by Gasteiger charge is -2.14. The third-order valence-corrected chi connectivity index (χ3v) is 3.03. The van der Waals surface area contributed by atoms with Crippen LogP contribution in [0.2, 0.25) is 0 Å². The van der Waals surface area contributed by atoms with E-state index in [2.05, 4.69) is 0 Å². The zero-order valence-corrected chi connectivity index (χ0v) is 10.8. The fraction of sp³-hybridized carbons (Fsp3) is 0.200. The molecule has 0 aliphatic heterocycles. The fourth-order valence-corrected chi connectivity index (χ4v) is 1.85. The predicted molar refractivity (Wildman–Crippen MR) is 71.0 cm³/mol. The minimum atomic E-state index is -0.612. The van der Waals surface area contributed by atoms with Crippen LogP contribution < -0.4 is 10.5 Å². The molecule has 2 rings (SSSR count). The number of nitrogens with two attached hydrogens (primary N) is 1. The zero-order valence-electron chi connectivity index (χ0n) is 10.8. The average Bonchev–Trinajstić information content (AvgIpc) is 2.36. The molecule has 0 aromatic heterocycles. The van der Waals surface area contributed by atoms with E-state index in [1.54, 1.807) is 6.07 Å². The molecule has 0 amide bonds. The van der Waals surface area contributed by atoms with Crippen molar-refractivity contribution in [2.24, 2.45) is 0 Å². The first-order chi connectivity index (χ1) is 8.99. The van der Waals surface area contributed by atoms with Crippen molar-refractivity contribution >= 4 is 5.69 Å². The van der Waals surface area contributed by atoms with Crippen LogP contribution in [0, 0.1) is 25.5 Å². The quantitative estimate of drug-likeness (QED) is 0.856. The summed E-state index contributed by atoms with van der Waals surface area (Å²) in [6, 6.07) is 7.08. The van der Waals surface area contributed by atoms with Gasteiger partial charge in [-0.1, -0.05) is 6.07 Å². The Morgan fingerprint density at radius 2 is 1.84 bits per heavy atom. The molecule has 100 valence electrons. The maximum atomic E-state index is 13.5. The topological polar surface area (TPSA) is 35.2 Å². The predicted octanol–water partition coefficient (Wildman–Crippen LogP) is 3.74. The van der Waals surface area contributed by atoms with Gasteiger partial charge >= 0.3 is 0 Å². The largest absolute Gasteiger partial charge is 0.488 e. The van der Waals surface area contributed by atoms with Gasteiger partial charge in [-0.05, 0) is 37.6 Å². The number of benzene rings is 2. The van der Waals surface area contributed by atoms with Crippen molar-refractivity contribution < 1.29 is 13.5 Å². The van der Waals surface area contributed by atoms with E-state index in [1.807, 2.05) is 19.9 Å². The van der Waals surface area contributed by atoms with Gasteiger partial charge in [-0.15, -0.1) is 0 Å². The Morgan fingerprint density at radius 1 is 1.11 bits per heavy atom. The van der Waals surface area contributed by atoms with Gasteiger partial charge in [0.15, 0.2) is 0 Å². The van der Waals surface area contributed by atoms with Crippen LogP contribution in [0.4, 0.5) is 14.5 Å². The van der Waals surface area contributed by atoms with Crippen LogP contribution in [0.3, 0.4) is 0 Å². The standard InChI is InChI=1S/C15H15F2NO/c1-9-3-6-14(18)10(2)15(9)19-8-11-4-5-12(16)7-13(11)17/h3-7H,8,18H2,1-2H3. The lowest BCUT2D eigenvalue weighted by molar-refractivity contribution is 0.295. The van der Waals surface area contributed by atoms with Crippen LogP contribution in [0.15, 0.2) is 30.3 Å². The minimum Gasteiger partial charge on any atom is -0.488 e. The summed E-state index contributed by atoms with van der Waals surface area (Å²) in [5, 5.41) is 0. The van der Waals surface area contributed by atoms with Crippen molar-refractivity contribution in [2.45, 2.75) is 20.5 Å². The average molecular weight is 263 g/mol. The molecular weight excluding hydrogens is 248 g/mol. The third kappa shape index (κ3) is 2.84. The molecular formula is C15H15F2NO. The van der Waals surface area contributed by atoms with Crippen LogP contribution >= 0.6 is 0 Å². The lowest BCUT2D eigenvalue weighted by atomic mass is 10.1. The molecule has 2 nitrogen and oxygen atoms in total. The molecule has 0 aliphatic carbocycles. The minimum absolute atomic E-state index is 0.0389. The van der Waals surface area contributed by atoms with Crippen LogP contribution in [0.1, 0.15) is 16.7 Å². The van der Waals surface area contributed by atoms with E-state index in [4.69, 9.17) is 10.5 Å². The first kappa shape index (κ1) is 13.3. The van der Waals surface area contributed by atoms with Gasteiger partial charge in [0.2, 0.25) is 0 Å². The highest BCUT2D eigenvalue weighted by Crippen LogP contribution is 2.28. The highest BCUT2D eigenvalue weighted by molar-refractivity contribution is 5.56. The summed E-state index contributed by atoms with van der Waals surface area (Å²) in [4.78, 5) is 0. The first-order valence-electron chi connectivity index (χ1n) is 5.91. The number of nitrogen functional groups attached to an aromatic ring is 1. The molecule has 0 radical (unpaired) electrons. The molecule has 0 heterocycles. The highest BCUT2D eigenvalue weighted by Gasteiger charge is 2.09. The van der Waals surface area contributed by atoms with Gasteiger partial charge in [0.05, 0.1) is 0 Å². The SMILES string of the molecule is Cc1ccc(N)c(C)c1OCc1ccc(F)cc1F. The number of anilines is 1. The summed E-state index contributed by atoms with van der Waals surface area (Å²) in [7, 11) is 0. The van der Waals surface area contributed by atoms with Gasteiger partial charge < -0.3 is 10.5 Å². The highest BCUT2D eigenvalue weighted by atomic mass is 19.1. The van der Waals surface area contributed by atoms with Gasteiger partial charge in [0.1, 0.15) is 24.0 Å². The van der Waals surface area contributed by atoms with E-state index in [0.717, 1.165) is 17.2 Å². The van der Waals surface area contributed by atoms with Crippen molar-refractivity contribution in [3.05, 3.63) is 58.7 Å². The van der Waals surface area contributed by atoms with Crippen LogP contribution in [0.25, 0.3) is 0 Å². The van der Waals surface area contributed by atoms with Crippen molar-refractivity contribution in [1.29, 1.82) is 0 Å². The number of hydrogen-bond acceptors (Lipinski definition) is 2. The van der Waals surface area contributed by atoms with Gasteiger partial charge in [0, 0.05) is 22.9 Å². The van der Waals surface area contributed by atoms with Crippen LogP contribution in [-0.2, 0) is 6.61 Å². The molecule has 0 saturated heterocycles. The monoisotopic (exact) mass is 263 g/mol. The molecule has 0 spiro atoms. The summed E-state index contributed by atoms with van der Waals surface area (Å²) < 4.78 is 31.9.